The Bertz CT molecular complexity index is 757. The first-order valence-corrected chi connectivity index (χ1v) is 9.13. The van der Waals surface area contributed by atoms with Gasteiger partial charge in [0.25, 0.3) is 0 Å². The molecule has 26 heavy (non-hydrogen) atoms. The number of halogens is 1. The van der Waals surface area contributed by atoms with Gasteiger partial charge in [0.05, 0.1) is 18.0 Å². The van der Waals surface area contributed by atoms with Crippen molar-refractivity contribution in [3.05, 3.63) is 41.8 Å². The fourth-order valence-electron chi connectivity index (χ4n) is 3.59. The summed E-state index contributed by atoms with van der Waals surface area (Å²) >= 11 is 0. The average molecular weight is 357 g/mol. The zero-order chi connectivity index (χ0) is 17.9. The van der Waals surface area contributed by atoms with Crippen LogP contribution in [0.4, 0.5) is 21.8 Å². The Labute approximate surface area is 153 Å². The average Bonchev–Trinajstić information content (AvgIpc) is 3.23. The first kappa shape index (κ1) is 17.0. The van der Waals surface area contributed by atoms with Gasteiger partial charge in [-0.05, 0) is 18.6 Å². The lowest BCUT2D eigenvalue weighted by atomic mass is 10.0. The molecule has 138 valence electrons. The lowest BCUT2D eigenvalue weighted by Gasteiger charge is -2.37. The Balaban J connectivity index is 1.50. The van der Waals surface area contributed by atoms with Crippen LogP contribution in [-0.2, 0) is 4.74 Å². The molecule has 0 aliphatic carbocycles. The Kier molecular flexibility index (Phi) is 4.88. The molecule has 0 amide bonds. The van der Waals surface area contributed by atoms with Crippen molar-refractivity contribution in [1.29, 1.82) is 0 Å². The van der Waals surface area contributed by atoms with Gasteiger partial charge in [0.2, 0.25) is 5.95 Å². The maximum Gasteiger partial charge on any atom is 0.224 e. The van der Waals surface area contributed by atoms with Crippen molar-refractivity contribution in [3.8, 4) is 0 Å². The third-order valence-electron chi connectivity index (χ3n) is 5.10. The van der Waals surface area contributed by atoms with E-state index in [4.69, 9.17) is 4.74 Å². The molecule has 0 radical (unpaired) electrons. The summed E-state index contributed by atoms with van der Waals surface area (Å²) in [4.78, 5) is 13.6. The van der Waals surface area contributed by atoms with E-state index in [1.807, 2.05) is 19.2 Å². The van der Waals surface area contributed by atoms with Gasteiger partial charge in [-0.3, -0.25) is 0 Å². The summed E-state index contributed by atoms with van der Waals surface area (Å²) < 4.78 is 19.5. The highest BCUT2D eigenvalue weighted by Crippen LogP contribution is 2.28. The first-order chi connectivity index (χ1) is 12.7. The van der Waals surface area contributed by atoms with Gasteiger partial charge in [0.15, 0.2) is 0 Å². The number of aromatic nitrogens is 2. The number of hydrogen-bond acceptors (Lipinski definition) is 6. The number of rotatable bonds is 4. The third-order valence-corrected chi connectivity index (χ3v) is 5.10. The maximum absolute atomic E-state index is 14.0. The molecular formula is C19H24FN5O. The summed E-state index contributed by atoms with van der Waals surface area (Å²) in [6.45, 7) is 4.65. The van der Waals surface area contributed by atoms with Crippen LogP contribution in [0.15, 0.2) is 30.3 Å². The Morgan fingerprint density at radius 2 is 1.88 bits per heavy atom. The predicted octanol–water partition coefficient (Wildman–Crippen LogP) is 2.49. The van der Waals surface area contributed by atoms with E-state index < -0.39 is 0 Å². The molecule has 2 fully saturated rings. The van der Waals surface area contributed by atoms with Gasteiger partial charge in [-0.1, -0.05) is 12.1 Å². The predicted molar refractivity (Wildman–Crippen MR) is 101 cm³/mol. The van der Waals surface area contributed by atoms with Crippen LogP contribution in [0.3, 0.4) is 0 Å². The second-order valence-corrected chi connectivity index (χ2v) is 6.71. The molecular weight excluding hydrogens is 333 g/mol. The Morgan fingerprint density at radius 3 is 2.58 bits per heavy atom. The van der Waals surface area contributed by atoms with E-state index in [-0.39, 0.29) is 5.82 Å². The van der Waals surface area contributed by atoms with Crippen molar-refractivity contribution >= 4 is 17.5 Å². The molecule has 1 aromatic carbocycles. The van der Waals surface area contributed by atoms with Crippen LogP contribution in [-0.4, -0.2) is 56.4 Å². The summed E-state index contributed by atoms with van der Waals surface area (Å²) in [5, 5.41) is 3.06. The van der Waals surface area contributed by atoms with Gasteiger partial charge < -0.3 is 19.9 Å². The monoisotopic (exact) mass is 357 g/mol. The second kappa shape index (κ2) is 7.45. The molecule has 0 unspecified atom stereocenters. The number of nitrogens with one attached hydrogen (secondary N) is 1. The van der Waals surface area contributed by atoms with Gasteiger partial charge in [-0.2, -0.15) is 4.98 Å². The van der Waals surface area contributed by atoms with Crippen molar-refractivity contribution in [2.45, 2.75) is 12.3 Å². The van der Waals surface area contributed by atoms with Crippen LogP contribution in [0, 0.1) is 5.82 Å². The molecule has 7 heteroatoms. The highest BCUT2D eigenvalue weighted by Gasteiger charge is 2.24. The van der Waals surface area contributed by atoms with Gasteiger partial charge in [-0.25, -0.2) is 9.37 Å². The number of nitrogens with zero attached hydrogens (tertiary/aromatic N) is 4. The molecule has 1 atom stereocenters. The quantitative estimate of drug-likeness (QED) is 0.907. The van der Waals surface area contributed by atoms with Crippen molar-refractivity contribution < 1.29 is 9.13 Å². The van der Waals surface area contributed by atoms with E-state index >= 15 is 0 Å². The van der Waals surface area contributed by atoms with Crippen LogP contribution < -0.4 is 15.1 Å². The standard InChI is InChI=1S/C19H24FN5O/c1-21-19-22-16(14-6-11-26-13-14)12-18(23-19)25-9-7-24(8-10-25)17-5-3-2-4-15(17)20/h2-5,12,14H,6-11,13H2,1H3,(H,21,22,23)/t14-/m1/s1. The normalized spacial score (nSPS) is 20.5. The van der Waals surface area contributed by atoms with Crippen molar-refractivity contribution in [2.75, 3.05) is 61.6 Å². The smallest absolute Gasteiger partial charge is 0.224 e. The molecule has 3 heterocycles. The minimum atomic E-state index is -0.163. The molecule has 1 aromatic heterocycles. The highest BCUT2D eigenvalue weighted by atomic mass is 19.1. The largest absolute Gasteiger partial charge is 0.381 e. The zero-order valence-electron chi connectivity index (χ0n) is 15.0. The molecule has 2 aromatic rings. The van der Waals surface area contributed by atoms with Crippen molar-refractivity contribution in [1.82, 2.24) is 9.97 Å². The number of benzene rings is 1. The number of hydrogen-bond donors (Lipinski definition) is 1. The molecule has 4 rings (SSSR count). The van der Waals surface area contributed by atoms with E-state index in [2.05, 4.69) is 31.2 Å². The Hall–Kier alpha value is -2.41. The highest BCUT2D eigenvalue weighted by molar-refractivity contribution is 5.51. The minimum Gasteiger partial charge on any atom is -0.381 e. The third kappa shape index (κ3) is 3.44. The molecule has 2 aliphatic heterocycles. The second-order valence-electron chi connectivity index (χ2n) is 6.71. The molecule has 0 saturated carbocycles. The van der Waals surface area contributed by atoms with E-state index in [1.165, 1.54) is 6.07 Å². The number of anilines is 3. The Morgan fingerprint density at radius 1 is 1.12 bits per heavy atom. The summed E-state index contributed by atoms with van der Waals surface area (Å²) in [6, 6.07) is 9.04. The molecule has 2 saturated heterocycles. The molecule has 1 N–H and O–H groups in total. The van der Waals surface area contributed by atoms with Crippen molar-refractivity contribution in [2.24, 2.45) is 0 Å². The number of piperazine rings is 1. The summed E-state index contributed by atoms with van der Waals surface area (Å²) in [7, 11) is 1.84. The number of ether oxygens (including phenoxy) is 1. The molecule has 2 aliphatic rings. The van der Waals surface area contributed by atoms with E-state index in [1.54, 1.807) is 6.07 Å². The number of para-hydroxylation sites is 1. The van der Waals surface area contributed by atoms with Crippen LogP contribution in [0.2, 0.25) is 0 Å². The van der Waals surface area contributed by atoms with Crippen LogP contribution in [0.1, 0.15) is 18.0 Å². The SMILES string of the molecule is CNc1nc([C@@H]2CCOC2)cc(N2CCN(c3ccccc3F)CC2)n1. The summed E-state index contributed by atoms with van der Waals surface area (Å²) in [5.74, 6) is 1.74. The zero-order valence-corrected chi connectivity index (χ0v) is 15.0. The van der Waals surface area contributed by atoms with Gasteiger partial charge >= 0.3 is 0 Å². The molecule has 0 spiro atoms. The summed E-state index contributed by atoms with van der Waals surface area (Å²) in [6.07, 6.45) is 1.00. The van der Waals surface area contributed by atoms with Crippen molar-refractivity contribution in [3.63, 3.8) is 0 Å². The minimum absolute atomic E-state index is 0.163. The molecule has 6 nitrogen and oxygen atoms in total. The van der Waals surface area contributed by atoms with E-state index in [0.717, 1.165) is 57.3 Å². The molecule has 0 bridgehead atoms. The van der Waals surface area contributed by atoms with Crippen LogP contribution in [0.5, 0.6) is 0 Å². The van der Waals surface area contributed by atoms with Crippen LogP contribution >= 0.6 is 0 Å². The van der Waals surface area contributed by atoms with Crippen LogP contribution in [0.25, 0.3) is 0 Å². The fraction of sp³-hybridized carbons (Fsp3) is 0.474. The van der Waals surface area contributed by atoms with E-state index in [9.17, 15) is 4.39 Å². The maximum atomic E-state index is 14.0. The summed E-state index contributed by atoms with van der Waals surface area (Å²) in [5.41, 5.74) is 1.71. The van der Waals surface area contributed by atoms with E-state index in [0.29, 0.717) is 17.6 Å². The van der Waals surface area contributed by atoms with Gasteiger partial charge in [0, 0.05) is 51.8 Å². The van der Waals surface area contributed by atoms with Gasteiger partial charge in [0.1, 0.15) is 11.6 Å². The van der Waals surface area contributed by atoms with Gasteiger partial charge in [-0.15, -0.1) is 0 Å². The topological polar surface area (TPSA) is 53.5 Å². The fourth-order valence-corrected chi connectivity index (χ4v) is 3.59. The lowest BCUT2D eigenvalue weighted by molar-refractivity contribution is 0.193. The lowest BCUT2D eigenvalue weighted by Crippen LogP contribution is -2.47. The first-order valence-electron chi connectivity index (χ1n) is 9.13.